The molecule has 1 amide bonds. The minimum atomic E-state index is 0. The van der Waals surface area contributed by atoms with Gasteiger partial charge in [-0.05, 0) is 62.5 Å². The molecule has 1 saturated heterocycles. The molecule has 0 atom stereocenters. The largest absolute Gasteiger partial charge is 0.489 e. The van der Waals surface area contributed by atoms with Crippen molar-refractivity contribution < 1.29 is 9.53 Å². The van der Waals surface area contributed by atoms with Gasteiger partial charge in [-0.1, -0.05) is 36.4 Å². The van der Waals surface area contributed by atoms with Gasteiger partial charge in [0.15, 0.2) is 0 Å². The molecule has 2 aromatic rings. The SMILES string of the molecule is CNCCC1CCN(C(=O)c2cccc(OCc3ccccc3)c2)CC1.Cl. The Morgan fingerprint density at radius 1 is 1.11 bits per heavy atom. The van der Waals surface area contributed by atoms with Crippen LogP contribution in [0.15, 0.2) is 54.6 Å². The molecule has 1 heterocycles. The van der Waals surface area contributed by atoms with Gasteiger partial charge in [-0.3, -0.25) is 4.79 Å². The Kier molecular flexibility index (Phi) is 8.62. The first-order valence-corrected chi connectivity index (χ1v) is 9.47. The van der Waals surface area contributed by atoms with E-state index >= 15 is 0 Å². The normalized spacial score (nSPS) is 14.5. The van der Waals surface area contributed by atoms with Gasteiger partial charge in [-0.25, -0.2) is 0 Å². The Hall–Kier alpha value is -2.04. The maximum Gasteiger partial charge on any atom is 0.253 e. The molecule has 2 aromatic carbocycles. The van der Waals surface area contributed by atoms with E-state index in [1.54, 1.807) is 0 Å². The van der Waals surface area contributed by atoms with Crippen molar-refractivity contribution in [1.29, 1.82) is 0 Å². The van der Waals surface area contributed by atoms with Gasteiger partial charge in [-0.15, -0.1) is 12.4 Å². The lowest BCUT2D eigenvalue weighted by molar-refractivity contribution is 0.0686. The third-order valence-corrected chi connectivity index (χ3v) is 5.03. The molecule has 0 saturated carbocycles. The van der Waals surface area contributed by atoms with Crippen LogP contribution in [-0.2, 0) is 6.61 Å². The van der Waals surface area contributed by atoms with Gasteiger partial charge >= 0.3 is 0 Å². The Labute approximate surface area is 168 Å². The maximum absolute atomic E-state index is 12.8. The molecule has 1 aliphatic rings. The Morgan fingerprint density at radius 2 is 1.85 bits per heavy atom. The molecule has 1 aliphatic heterocycles. The van der Waals surface area contributed by atoms with Gasteiger partial charge in [0.2, 0.25) is 0 Å². The van der Waals surface area contributed by atoms with Crippen LogP contribution in [0.2, 0.25) is 0 Å². The Balaban J connectivity index is 0.00000261. The first kappa shape index (κ1) is 21.3. The number of amides is 1. The summed E-state index contributed by atoms with van der Waals surface area (Å²) in [4.78, 5) is 14.8. The predicted molar refractivity (Wildman–Crippen MR) is 112 cm³/mol. The molecule has 0 radical (unpaired) electrons. The molecular formula is C22H29ClN2O2. The molecule has 5 heteroatoms. The summed E-state index contributed by atoms with van der Waals surface area (Å²) in [6.45, 7) is 3.26. The fourth-order valence-electron chi connectivity index (χ4n) is 3.42. The van der Waals surface area contributed by atoms with Crippen molar-refractivity contribution in [3.05, 3.63) is 65.7 Å². The van der Waals surface area contributed by atoms with Crippen LogP contribution in [0.1, 0.15) is 35.2 Å². The average molecular weight is 389 g/mol. The van der Waals surface area contributed by atoms with Crippen LogP contribution in [0.25, 0.3) is 0 Å². The van der Waals surface area contributed by atoms with E-state index < -0.39 is 0 Å². The van der Waals surface area contributed by atoms with Crippen molar-refractivity contribution in [3.63, 3.8) is 0 Å². The summed E-state index contributed by atoms with van der Waals surface area (Å²) >= 11 is 0. The minimum absolute atomic E-state index is 0. The number of nitrogens with one attached hydrogen (secondary N) is 1. The van der Waals surface area contributed by atoms with Crippen molar-refractivity contribution in [2.45, 2.75) is 25.9 Å². The highest BCUT2D eigenvalue weighted by Crippen LogP contribution is 2.23. The number of piperidine rings is 1. The van der Waals surface area contributed by atoms with E-state index in [2.05, 4.69) is 5.32 Å². The van der Waals surface area contributed by atoms with E-state index in [1.165, 1.54) is 6.42 Å². The first-order chi connectivity index (χ1) is 12.8. The summed E-state index contributed by atoms with van der Waals surface area (Å²) in [6, 6.07) is 17.6. The summed E-state index contributed by atoms with van der Waals surface area (Å²) in [6.07, 6.45) is 3.39. The lowest BCUT2D eigenvalue weighted by Crippen LogP contribution is -2.38. The third-order valence-electron chi connectivity index (χ3n) is 5.03. The Bertz CT molecular complexity index is 700. The molecule has 4 nitrogen and oxygen atoms in total. The lowest BCUT2D eigenvalue weighted by Gasteiger charge is -2.32. The number of halogens is 1. The number of carbonyl (C=O) groups is 1. The van der Waals surface area contributed by atoms with Crippen molar-refractivity contribution in [3.8, 4) is 5.75 Å². The lowest BCUT2D eigenvalue weighted by atomic mass is 9.93. The molecule has 0 aromatic heterocycles. The summed E-state index contributed by atoms with van der Waals surface area (Å²) < 4.78 is 5.85. The standard InChI is InChI=1S/C22H28N2O2.ClH/c1-23-13-10-18-11-14-24(15-12-18)22(25)20-8-5-9-21(16-20)26-17-19-6-3-2-4-7-19;/h2-9,16,18,23H,10-15,17H2,1H3;1H. The zero-order chi connectivity index (χ0) is 18.2. The van der Waals surface area contributed by atoms with E-state index in [1.807, 2.05) is 66.5 Å². The van der Waals surface area contributed by atoms with Gasteiger partial charge in [-0.2, -0.15) is 0 Å². The van der Waals surface area contributed by atoms with E-state index in [0.29, 0.717) is 12.2 Å². The van der Waals surface area contributed by atoms with Gasteiger partial charge in [0.25, 0.3) is 5.91 Å². The summed E-state index contributed by atoms with van der Waals surface area (Å²) in [5.74, 6) is 1.58. The van der Waals surface area contributed by atoms with E-state index in [-0.39, 0.29) is 18.3 Å². The van der Waals surface area contributed by atoms with E-state index in [0.717, 1.165) is 49.7 Å². The second-order valence-corrected chi connectivity index (χ2v) is 6.93. The monoisotopic (exact) mass is 388 g/mol. The minimum Gasteiger partial charge on any atom is -0.489 e. The average Bonchev–Trinajstić information content (AvgIpc) is 2.71. The van der Waals surface area contributed by atoms with E-state index in [4.69, 9.17) is 4.74 Å². The molecule has 0 bridgehead atoms. The zero-order valence-electron chi connectivity index (χ0n) is 15.9. The number of rotatable bonds is 7. The highest BCUT2D eigenvalue weighted by Gasteiger charge is 2.23. The highest BCUT2D eigenvalue weighted by atomic mass is 35.5. The van der Waals surface area contributed by atoms with E-state index in [9.17, 15) is 4.79 Å². The number of hydrogen-bond acceptors (Lipinski definition) is 3. The molecular weight excluding hydrogens is 360 g/mol. The zero-order valence-corrected chi connectivity index (χ0v) is 16.7. The first-order valence-electron chi connectivity index (χ1n) is 9.47. The van der Waals surface area contributed by atoms with Gasteiger partial charge in [0, 0.05) is 18.7 Å². The van der Waals surface area contributed by atoms with Crippen LogP contribution in [0, 0.1) is 5.92 Å². The quantitative estimate of drug-likeness (QED) is 0.774. The number of ether oxygens (including phenoxy) is 1. The fraction of sp³-hybridized carbons (Fsp3) is 0.409. The van der Waals surface area contributed by atoms with Gasteiger partial charge < -0.3 is 15.0 Å². The topological polar surface area (TPSA) is 41.6 Å². The second kappa shape index (κ2) is 11.0. The van der Waals surface area contributed by atoms with Crippen LogP contribution in [0.5, 0.6) is 5.75 Å². The van der Waals surface area contributed by atoms with Crippen LogP contribution >= 0.6 is 12.4 Å². The van der Waals surface area contributed by atoms with Crippen LogP contribution in [-0.4, -0.2) is 37.5 Å². The fourth-order valence-corrected chi connectivity index (χ4v) is 3.42. The van der Waals surface area contributed by atoms with Crippen LogP contribution in [0.4, 0.5) is 0 Å². The molecule has 0 aliphatic carbocycles. The maximum atomic E-state index is 12.8. The molecule has 0 unspecified atom stereocenters. The molecule has 1 fully saturated rings. The van der Waals surface area contributed by atoms with Crippen molar-refractivity contribution in [1.82, 2.24) is 10.2 Å². The number of likely N-dealkylation sites (tertiary alicyclic amines) is 1. The van der Waals surface area contributed by atoms with Gasteiger partial charge in [0.1, 0.15) is 12.4 Å². The van der Waals surface area contributed by atoms with Crippen molar-refractivity contribution in [2.24, 2.45) is 5.92 Å². The molecule has 0 spiro atoms. The third kappa shape index (κ3) is 6.26. The van der Waals surface area contributed by atoms with Crippen molar-refractivity contribution in [2.75, 3.05) is 26.7 Å². The van der Waals surface area contributed by atoms with Crippen LogP contribution < -0.4 is 10.1 Å². The number of hydrogen-bond donors (Lipinski definition) is 1. The number of nitrogens with zero attached hydrogens (tertiary/aromatic N) is 1. The highest BCUT2D eigenvalue weighted by molar-refractivity contribution is 5.94. The second-order valence-electron chi connectivity index (χ2n) is 6.93. The Morgan fingerprint density at radius 3 is 2.56 bits per heavy atom. The number of benzene rings is 2. The van der Waals surface area contributed by atoms with Gasteiger partial charge in [0.05, 0.1) is 0 Å². The molecule has 1 N–H and O–H groups in total. The number of carbonyl (C=O) groups excluding carboxylic acids is 1. The molecule has 27 heavy (non-hydrogen) atoms. The van der Waals surface area contributed by atoms with Crippen molar-refractivity contribution >= 4 is 18.3 Å². The van der Waals surface area contributed by atoms with Crippen LogP contribution in [0.3, 0.4) is 0 Å². The molecule has 146 valence electrons. The smallest absolute Gasteiger partial charge is 0.253 e. The predicted octanol–water partition coefficient (Wildman–Crippen LogP) is 4.15. The summed E-state index contributed by atoms with van der Waals surface area (Å²) in [5, 5.41) is 3.21. The summed E-state index contributed by atoms with van der Waals surface area (Å²) in [7, 11) is 1.99. The summed E-state index contributed by atoms with van der Waals surface area (Å²) in [5.41, 5.74) is 1.83. The molecule has 3 rings (SSSR count).